The van der Waals surface area contributed by atoms with Gasteiger partial charge in [-0.1, -0.05) is 25.1 Å². The molecule has 0 radical (unpaired) electrons. The molecule has 0 saturated carbocycles. The van der Waals surface area contributed by atoms with Crippen molar-refractivity contribution in [3.8, 4) is 0 Å². The number of nitrogens with zero attached hydrogens (tertiary/aromatic N) is 1. The van der Waals surface area contributed by atoms with Gasteiger partial charge in [0.05, 0.1) is 6.54 Å². The molecule has 1 rings (SSSR count). The van der Waals surface area contributed by atoms with E-state index in [1.54, 1.807) is 14.0 Å². The first kappa shape index (κ1) is 18.8. The number of aliphatic carboxylic acids is 1. The van der Waals surface area contributed by atoms with Crippen molar-refractivity contribution in [1.29, 1.82) is 0 Å². The maximum atomic E-state index is 12.1. The summed E-state index contributed by atoms with van der Waals surface area (Å²) in [7, 11) is 1.65. The van der Waals surface area contributed by atoms with Crippen LogP contribution in [0.5, 0.6) is 0 Å². The molecule has 1 aromatic carbocycles. The van der Waals surface area contributed by atoms with E-state index in [1.165, 1.54) is 4.90 Å². The second-order valence-electron chi connectivity index (χ2n) is 6.44. The molecule has 1 unspecified atom stereocenters. The first-order valence-electron chi connectivity index (χ1n) is 7.65. The van der Waals surface area contributed by atoms with Crippen molar-refractivity contribution in [3.63, 3.8) is 0 Å². The van der Waals surface area contributed by atoms with Crippen LogP contribution in [0.2, 0.25) is 0 Å². The number of benzene rings is 1. The Hall–Kier alpha value is -2.24. The minimum Gasteiger partial charge on any atom is -0.480 e. The molecule has 0 heterocycles. The van der Waals surface area contributed by atoms with Gasteiger partial charge >= 0.3 is 12.1 Å². The topological polar surface area (TPSA) is 78.9 Å². The zero-order valence-corrected chi connectivity index (χ0v) is 14.4. The summed E-state index contributed by atoms with van der Waals surface area (Å²) in [6, 6.07) is 6.68. The number of carboxylic acids is 1. The predicted molar refractivity (Wildman–Crippen MR) is 89.5 cm³/mol. The number of rotatable bonds is 6. The Labute approximate surface area is 137 Å². The highest BCUT2D eigenvalue weighted by Gasteiger charge is 2.21. The number of hydrogen-bond donors (Lipinski definition) is 2. The van der Waals surface area contributed by atoms with Crippen LogP contribution in [0.25, 0.3) is 0 Å². The molecule has 0 aliphatic heterocycles. The van der Waals surface area contributed by atoms with E-state index in [9.17, 15) is 14.7 Å². The zero-order chi connectivity index (χ0) is 17.6. The van der Waals surface area contributed by atoms with Crippen LogP contribution in [-0.4, -0.2) is 40.8 Å². The Morgan fingerprint density at radius 1 is 1.30 bits per heavy atom. The van der Waals surface area contributed by atoms with E-state index in [2.05, 4.69) is 5.32 Å². The minimum atomic E-state index is -0.900. The van der Waals surface area contributed by atoms with E-state index < -0.39 is 23.7 Å². The van der Waals surface area contributed by atoms with Gasteiger partial charge in [0, 0.05) is 12.7 Å². The molecule has 0 spiro atoms. The van der Waals surface area contributed by atoms with Crippen molar-refractivity contribution in [2.24, 2.45) is 0 Å². The highest BCUT2D eigenvalue weighted by Crippen LogP contribution is 2.19. The molecule has 0 aliphatic rings. The van der Waals surface area contributed by atoms with E-state index >= 15 is 0 Å². The number of carboxylic acid groups (broad SMARTS) is 1. The number of amides is 1. The van der Waals surface area contributed by atoms with Gasteiger partial charge in [-0.3, -0.25) is 0 Å². The Morgan fingerprint density at radius 2 is 1.91 bits per heavy atom. The average Bonchev–Trinajstić information content (AvgIpc) is 2.44. The summed E-state index contributed by atoms with van der Waals surface area (Å²) < 4.78 is 5.32. The van der Waals surface area contributed by atoms with Crippen molar-refractivity contribution < 1.29 is 19.4 Å². The quantitative estimate of drug-likeness (QED) is 0.840. The summed E-state index contributed by atoms with van der Waals surface area (Å²) in [6.07, 6.45) is 0.0450. The maximum Gasteiger partial charge on any atom is 0.410 e. The Bertz CT molecular complexity index is 552. The fourth-order valence-corrected chi connectivity index (χ4v) is 1.99. The maximum absolute atomic E-state index is 12.1. The van der Waals surface area contributed by atoms with Crippen molar-refractivity contribution in [3.05, 3.63) is 29.8 Å². The van der Waals surface area contributed by atoms with Crippen LogP contribution in [-0.2, 0) is 16.1 Å². The molecular weight excluding hydrogens is 296 g/mol. The summed E-state index contributed by atoms with van der Waals surface area (Å²) in [5.74, 6) is -0.900. The van der Waals surface area contributed by atoms with Gasteiger partial charge in [0.2, 0.25) is 0 Å². The van der Waals surface area contributed by atoms with Crippen molar-refractivity contribution in [1.82, 2.24) is 4.90 Å². The fraction of sp³-hybridized carbons (Fsp3) is 0.529. The van der Waals surface area contributed by atoms with E-state index in [1.807, 2.05) is 45.0 Å². The van der Waals surface area contributed by atoms with Gasteiger partial charge in [-0.25, -0.2) is 9.59 Å². The van der Waals surface area contributed by atoms with E-state index in [4.69, 9.17) is 4.74 Å². The summed E-state index contributed by atoms with van der Waals surface area (Å²) >= 11 is 0. The fourth-order valence-electron chi connectivity index (χ4n) is 1.99. The number of nitrogens with one attached hydrogen (secondary N) is 1. The number of para-hydroxylation sites is 1. The number of ether oxygens (including phenoxy) is 1. The highest BCUT2D eigenvalue weighted by molar-refractivity contribution is 5.77. The van der Waals surface area contributed by atoms with Gasteiger partial charge in [0.25, 0.3) is 0 Å². The largest absolute Gasteiger partial charge is 0.480 e. The molecule has 1 atom stereocenters. The summed E-state index contributed by atoms with van der Waals surface area (Å²) in [5.41, 5.74) is 0.984. The van der Waals surface area contributed by atoms with Crippen LogP contribution in [0.1, 0.15) is 39.7 Å². The third-order valence-corrected chi connectivity index (χ3v) is 3.17. The smallest absolute Gasteiger partial charge is 0.410 e. The molecule has 0 bridgehead atoms. The van der Waals surface area contributed by atoms with Crippen molar-refractivity contribution in [2.45, 2.75) is 52.3 Å². The molecule has 0 fully saturated rings. The van der Waals surface area contributed by atoms with Gasteiger partial charge in [-0.15, -0.1) is 0 Å². The summed E-state index contributed by atoms with van der Waals surface area (Å²) in [6.45, 7) is 7.57. The minimum absolute atomic E-state index is 0.328. The van der Waals surface area contributed by atoms with Crippen LogP contribution in [0.4, 0.5) is 10.5 Å². The van der Waals surface area contributed by atoms with Crippen LogP contribution in [0, 0.1) is 0 Å². The monoisotopic (exact) mass is 322 g/mol. The Morgan fingerprint density at radius 3 is 2.43 bits per heavy atom. The standard InChI is InChI=1S/C17H26N2O4/c1-6-13(15(20)21)18-14-10-8-7-9-12(14)11-19(5)16(22)23-17(2,3)4/h7-10,13,18H,6,11H2,1-5H3,(H,20,21). The molecular formula is C17H26N2O4. The van der Waals surface area contributed by atoms with Gasteiger partial charge in [0.1, 0.15) is 11.6 Å². The average molecular weight is 322 g/mol. The molecule has 6 heteroatoms. The number of hydrogen-bond acceptors (Lipinski definition) is 4. The SMILES string of the molecule is CCC(Nc1ccccc1CN(C)C(=O)OC(C)(C)C)C(=O)O. The van der Waals surface area contributed by atoms with Crippen molar-refractivity contribution in [2.75, 3.05) is 12.4 Å². The lowest BCUT2D eigenvalue weighted by Crippen LogP contribution is -2.34. The van der Waals surface area contributed by atoms with Crippen LogP contribution in [0.15, 0.2) is 24.3 Å². The summed E-state index contributed by atoms with van der Waals surface area (Å²) in [5, 5.41) is 12.2. The Balaban J connectivity index is 2.85. The molecule has 128 valence electrons. The molecule has 23 heavy (non-hydrogen) atoms. The lowest BCUT2D eigenvalue weighted by atomic mass is 10.1. The molecule has 0 aromatic heterocycles. The molecule has 1 aromatic rings. The number of carbonyl (C=O) groups excluding carboxylic acids is 1. The molecule has 1 amide bonds. The van der Waals surface area contributed by atoms with Gasteiger partial charge in [-0.2, -0.15) is 0 Å². The predicted octanol–water partition coefficient (Wildman–Crippen LogP) is 3.33. The first-order valence-corrected chi connectivity index (χ1v) is 7.65. The van der Waals surface area contributed by atoms with Gasteiger partial charge in [-0.05, 0) is 38.8 Å². The lowest BCUT2D eigenvalue weighted by Gasteiger charge is -2.25. The summed E-state index contributed by atoms with van der Waals surface area (Å²) in [4.78, 5) is 24.7. The number of anilines is 1. The third kappa shape index (κ3) is 6.18. The van der Waals surface area contributed by atoms with Crippen LogP contribution >= 0.6 is 0 Å². The van der Waals surface area contributed by atoms with E-state index in [-0.39, 0.29) is 0 Å². The van der Waals surface area contributed by atoms with Gasteiger partial charge < -0.3 is 20.1 Å². The van der Waals surface area contributed by atoms with Gasteiger partial charge in [0.15, 0.2) is 0 Å². The molecule has 2 N–H and O–H groups in total. The third-order valence-electron chi connectivity index (χ3n) is 3.17. The normalized spacial score (nSPS) is 12.4. The van der Waals surface area contributed by atoms with Crippen molar-refractivity contribution >= 4 is 17.7 Å². The van der Waals surface area contributed by atoms with E-state index in [0.717, 1.165) is 5.56 Å². The lowest BCUT2D eigenvalue weighted by molar-refractivity contribution is -0.137. The van der Waals surface area contributed by atoms with E-state index in [0.29, 0.717) is 18.7 Å². The first-order chi connectivity index (χ1) is 10.6. The Kier molecular flexibility index (Phi) is 6.42. The molecule has 6 nitrogen and oxygen atoms in total. The molecule has 0 saturated heterocycles. The van der Waals surface area contributed by atoms with Crippen LogP contribution < -0.4 is 5.32 Å². The number of carbonyl (C=O) groups is 2. The highest BCUT2D eigenvalue weighted by atomic mass is 16.6. The second-order valence-corrected chi connectivity index (χ2v) is 6.44. The van der Waals surface area contributed by atoms with Crippen LogP contribution in [0.3, 0.4) is 0 Å². The second kappa shape index (κ2) is 7.85. The molecule has 0 aliphatic carbocycles. The zero-order valence-electron chi connectivity index (χ0n) is 14.4.